The molecule has 3 rings (SSSR count). The normalized spacial score (nSPS) is 20.8. The molecule has 2 heterocycles. The fourth-order valence-corrected chi connectivity index (χ4v) is 2.99. The second kappa shape index (κ2) is 7.23. The first kappa shape index (κ1) is 17.4. The minimum atomic E-state index is -0.288. The van der Waals surface area contributed by atoms with E-state index >= 15 is 0 Å². The fraction of sp³-hybridized carbons (Fsp3) is 0.444. The zero-order valence-corrected chi connectivity index (χ0v) is 14.6. The van der Waals surface area contributed by atoms with Gasteiger partial charge in [0.2, 0.25) is 0 Å². The molecule has 0 spiro atoms. The van der Waals surface area contributed by atoms with Crippen LogP contribution >= 0.6 is 0 Å². The molecule has 1 aromatic heterocycles. The summed E-state index contributed by atoms with van der Waals surface area (Å²) in [5.74, 6) is 0.377. The summed E-state index contributed by atoms with van der Waals surface area (Å²) in [6.45, 7) is 6.85. The molecule has 1 N–H and O–H groups in total. The standard InChI is InChI=1S/C18H23FN4O2/c1-12(2)23-17(8-9-20-23)21-18(24)22-10-13(3)25-16(11-22)14-4-6-15(19)7-5-14/h4-9,12-13,16H,10-11H2,1-3H3,(H,21,24)/t13-,16-/m1/s1. The van der Waals surface area contributed by atoms with Gasteiger partial charge in [0.05, 0.1) is 18.8 Å². The molecule has 25 heavy (non-hydrogen) atoms. The molecule has 1 fully saturated rings. The molecule has 7 heteroatoms. The minimum Gasteiger partial charge on any atom is -0.367 e. The molecule has 0 bridgehead atoms. The van der Waals surface area contributed by atoms with Gasteiger partial charge in [-0.2, -0.15) is 5.10 Å². The summed E-state index contributed by atoms with van der Waals surface area (Å²) in [6.07, 6.45) is 1.29. The smallest absolute Gasteiger partial charge is 0.323 e. The van der Waals surface area contributed by atoms with Crippen LogP contribution in [0.15, 0.2) is 36.5 Å². The van der Waals surface area contributed by atoms with E-state index in [9.17, 15) is 9.18 Å². The van der Waals surface area contributed by atoms with Crippen LogP contribution < -0.4 is 5.32 Å². The molecule has 0 unspecified atom stereocenters. The highest BCUT2D eigenvalue weighted by molar-refractivity contribution is 5.88. The molecule has 1 aromatic carbocycles. The van der Waals surface area contributed by atoms with Crippen LogP contribution in [0.3, 0.4) is 0 Å². The molecular weight excluding hydrogens is 323 g/mol. The average Bonchev–Trinajstić information content (AvgIpc) is 3.03. The Bertz CT molecular complexity index is 729. The first-order valence-corrected chi connectivity index (χ1v) is 8.44. The van der Waals surface area contributed by atoms with Gasteiger partial charge in [-0.1, -0.05) is 12.1 Å². The maximum atomic E-state index is 13.1. The van der Waals surface area contributed by atoms with Gasteiger partial charge in [0, 0.05) is 18.7 Å². The molecule has 2 aromatic rings. The number of amides is 2. The maximum absolute atomic E-state index is 13.1. The van der Waals surface area contributed by atoms with E-state index in [4.69, 9.17) is 4.74 Å². The van der Waals surface area contributed by atoms with E-state index in [0.717, 1.165) is 5.56 Å². The van der Waals surface area contributed by atoms with Gasteiger partial charge in [0.1, 0.15) is 17.7 Å². The Morgan fingerprint density at radius 2 is 2.00 bits per heavy atom. The molecule has 0 radical (unpaired) electrons. The van der Waals surface area contributed by atoms with Crippen LogP contribution in [0.4, 0.5) is 15.0 Å². The molecule has 0 aliphatic carbocycles. The van der Waals surface area contributed by atoms with Crippen molar-refractivity contribution >= 4 is 11.8 Å². The van der Waals surface area contributed by atoms with Gasteiger partial charge in [-0.05, 0) is 38.5 Å². The number of nitrogens with zero attached hydrogens (tertiary/aromatic N) is 3. The first-order valence-electron chi connectivity index (χ1n) is 8.44. The van der Waals surface area contributed by atoms with Crippen LogP contribution in [0.1, 0.15) is 38.5 Å². The van der Waals surface area contributed by atoms with E-state index in [2.05, 4.69) is 10.4 Å². The monoisotopic (exact) mass is 346 g/mol. The Kier molecular flexibility index (Phi) is 5.03. The Hall–Kier alpha value is -2.41. The van der Waals surface area contributed by atoms with E-state index in [1.54, 1.807) is 34.0 Å². The number of aromatic nitrogens is 2. The highest BCUT2D eigenvalue weighted by atomic mass is 19.1. The van der Waals surface area contributed by atoms with Crippen molar-refractivity contribution < 1.29 is 13.9 Å². The number of carbonyl (C=O) groups excluding carboxylic acids is 1. The minimum absolute atomic E-state index is 0.107. The third-order valence-electron chi connectivity index (χ3n) is 4.18. The van der Waals surface area contributed by atoms with Gasteiger partial charge in [0.25, 0.3) is 0 Å². The molecule has 6 nitrogen and oxygen atoms in total. The van der Waals surface area contributed by atoms with Crippen LogP contribution in [-0.4, -0.2) is 39.9 Å². The second-order valence-electron chi connectivity index (χ2n) is 6.58. The number of nitrogens with one attached hydrogen (secondary N) is 1. The lowest BCUT2D eigenvalue weighted by Crippen LogP contribution is -2.47. The van der Waals surface area contributed by atoms with Gasteiger partial charge in [-0.3, -0.25) is 5.32 Å². The van der Waals surface area contributed by atoms with Crippen molar-refractivity contribution in [2.45, 2.75) is 39.0 Å². The number of ether oxygens (including phenoxy) is 1. The van der Waals surface area contributed by atoms with Gasteiger partial charge in [-0.25, -0.2) is 13.9 Å². The van der Waals surface area contributed by atoms with Crippen molar-refractivity contribution in [3.63, 3.8) is 0 Å². The van der Waals surface area contributed by atoms with Crippen LogP contribution in [0.2, 0.25) is 0 Å². The van der Waals surface area contributed by atoms with Crippen molar-refractivity contribution in [2.24, 2.45) is 0 Å². The quantitative estimate of drug-likeness (QED) is 0.924. The average molecular weight is 346 g/mol. The molecule has 2 amide bonds. The van der Waals surface area contributed by atoms with Crippen LogP contribution in [0, 0.1) is 5.82 Å². The van der Waals surface area contributed by atoms with E-state index < -0.39 is 0 Å². The summed E-state index contributed by atoms with van der Waals surface area (Å²) in [7, 11) is 0. The predicted molar refractivity (Wildman–Crippen MR) is 92.9 cm³/mol. The Balaban J connectivity index is 1.71. The van der Waals surface area contributed by atoms with Gasteiger partial charge < -0.3 is 9.64 Å². The van der Waals surface area contributed by atoms with Gasteiger partial charge in [-0.15, -0.1) is 0 Å². The van der Waals surface area contributed by atoms with Crippen molar-refractivity contribution in [3.8, 4) is 0 Å². The number of anilines is 1. The van der Waals surface area contributed by atoms with Crippen LogP contribution in [-0.2, 0) is 4.74 Å². The van der Waals surface area contributed by atoms with Crippen molar-refractivity contribution in [3.05, 3.63) is 47.9 Å². The summed E-state index contributed by atoms with van der Waals surface area (Å²) < 4.78 is 20.8. The topological polar surface area (TPSA) is 59.4 Å². The molecule has 1 saturated heterocycles. The third kappa shape index (κ3) is 3.99. The lowest BCUT2D eigenvalue weighted by Gasteiger charge is -2.37. The summed E-state index contributed by atoms with van der Waals surface area (Å²) >= 11 is 0. The first-order chi connectivity index (χ1) is 11.9. The molecular formula is C18H23FN4O2. The number of carbonyl (C=O) groups is 1. The Morgan fingerprint density at radius 1 is 1.28 bits per heavy atom. The Morgan fingerprint density at radius 3 is 2.68 bits per heavy atom. The summed E-state index contributed by atoms with van der Waals surface area (Å²) in [5, 5.41) is 7.14. The van der Waals surface area contributed by atoms with E-state index in [1.807, 2.05) is 20.8 Å². The number of urea groups is 1. The van der Waals surface area contributed by atoms with Crippen molar-refractivity contribution in [1.29, 1.82) is 0 Å². The van der Waals surface area contributed by atoms with Crippen LogP contribution in [0.25, 0.3) is 0 Å². The highest BCUT2D eigenvalue weighted by Crippen LogP contribution is 2.26. The van der Waals surface area contributed by atoms with E-state index in [-0.39, 0.29) is 30.1 Å². The SMILES string of the molecule is CC(C)n1nccc1NC(=O)N1C[C@@H](C)O[C@@H](c2ccc(F)cc2)C1. The summed E-state index contributed by atoms with van der Waals surface area (Å²) in [5.41, 5.74) is 0.859. The maximum Gasteiger partial charge on any atom is 0.323 e. The number of hydrogen-bond acceptors (Lipinski definition) is 3. The lowest BCUT2D eigenvalue weighted by molar-refractivity contribution is -0.0643. The number of rotatable bonds is 3. The molecule has 1 aliphatic heterocycles. The second-order valence-corrected chi connectivity index (χ2v) is 6.58. The van der Waals surface area contributed by atoms with E-state index in [1.165, 1.54) is 12.1 Å². The van der Waals surface area contributed by atoms with E-state index in [0.29, 0.717) is 18.9 Å². The van der Waals surface area contributed by atoms with Crippen LogP contribution in [0.5, 0.6) is 0 Å². The largest absolute Gasteiger partial charge is 0.367 e. The molecule has 1 aliphatic rings. The summed E-state index contributed by atoms with van der Waals surface area (Å²) in [6, 6.07) is 7.95. The summed E-state index contributed by atoms with van der Waals surface area (Å²) in [4.78, 5) is 14.4. The number of halogens is 1. The Labute approximate surface area is 146 Å². The fourth-order valence-electron chi connectivity index (χ4n) is 2.99. The van der Waals surface area contributed by atoms with Crippen molar-refractivity contribution in [2.75, 3.05) is 18.4 Å². The number of morpholine rings is 1. The molecule has 2 atom stereocenters. The third-order valence-corrected chi connectivity index (χ3v) is 4.18. The molecule has 0 saturated carbocycles. The van der Waals surface area contributed by atoms with Crippen molar-refractivity contribution in [1.82, 2.24) is 14.7 Å². The van der Waals surface area contributed by atoms with Gasteiger partial charge >= 0.3 is 6.03 Å². The number of hydrogen-bond donors (Lipinski definition) is 1. The predicted octanol–water partition coefficient (Wildman–Crippen LogP) is 3.60. The zero-order valence-electron chi connectivity index (χ0n) is 14.6. The molecule has 134 valence electrons. The lowest BCUT2D eigenvalue weighted by atomic mass is 10.1. The number of benzene rings is 1. The van der Waals surface area contributed by atoms with Gasteiger partial charge in [0.15, 0.2) is 0 Å². The highest BCUT2D eigenvalue weighted by Gasteiger charge is 2.30. The zero-order chi connectivity index (χ0) is 18.0.